The van der Waals surface area contributed by atoms with Crippen LogP contribution < -0.4 is 15.4 Å². The van der Waals surface area contributed by atoms with Crippen molar-refractivity contribution in [1.29, 1.82) is 0 Å². The Morgan fingerprint density at radius 3 is 2.72 bits per heavy atom. The van der Waals surface area contributed by atoms with Crippen LogP contribution in [0.15, 0.2) is 42.7 Å². The van der Waals surface area contributed by atoms with E-state index in [1.807, 2.05) is 26.0 Å². The number of carbonyl (C=O) groups excluding carboxylic acids is 2. The average Bonchev–Trinajstić information content (AvgIpc) is 2.62. The topological polar surface area (TPSA) is 80.3 Å². The summed E-state index contributed by atoms with van der Waals surface area (Å²) in [5.74, 6) is 0.305. The lowest BCUT2D eigenvalue weighted by atomic mass is 10.2. The highest BCUT2D eigenvalue weighted by Crippen LogP contribution is 2.21. The summed E-state index contributed by atoms with van der Waals surface area (Å²) in [4.78, 5) is 27.6. The second-order valence-electron chi connectivity index (χ2n) is 5.32. The lowest BCUT2D eigenvalue weighted by Gasteiger charge is -2.09. The van der Waals surface area contributed by atoms with Gasteiger partial charge < -0.3 is 15.4 Å². The van der Waals surface area contributed by atoms with Crippen molar-refractivity contribution < 1.29 is 14.3 Å². The molecule has 0 unspecified atom stereocenters. The minimum atomic E-state index is -0.270. The Balaban J connectivity index is 2.03. The van der Waals surface area contributed by atoms with E-state index in [2.05, 4.69) is 15.6 Å². The van der Waals surface area contributed by atoms with Crippen LogP contribution >= 0.6 is 0 Å². The van der Waals surface area contributed by atoms with Gasteiger partial charge in [0.05, 0.1) is 12.2 Å². The summed E-state index contributed by atoms with van der Waals surface area (Å²) in [7, 11) is 1.55. The van der Waals surface area contributed by atoms with Gasteiger partial charge in [-0.3, -0.25) is 14.6 Å². The van der Waals surface area contributed by atoms with Gasteiger partial charge in [-0.2, -0.15) is 0 Å². The summed E-state index contributed by atoms with van der Waals surface area (Å²) in [5.41, 5.74) is 2.74. The Hall–Kier alpha value is -3.15. The molecule has 0 aliphatic rings. The van der Waals surface area contributed by atoms with Crippen LogP contribution in [-0.2, 0) is 4.79 Å². The largest absolute Gasteiger partial charge is 0.494 e. The molecule has 0 bridgehead atoms. The first-order valence-corrected chi connectivity index (χ1v) is 7.93. The van der Waals surface area contributed by atoms with Gasteiger partial charge in [-0.1, -0.05) is 0 Å². The maximum absolute atomic E-state index is 12.1. The van der Waals surface area contributed by atoms with E-state index in [0.717, 1.165) is 11.3 Å². The summed E-state index contributed by atoms with van der Waals surface area (Å²) in [5, 5.41) is 5.32. The summed E-state index contributed by atoms with van der Waals surface area (Å²) in [6, 6.07) is 7.13. The maximum atomic E-state index is 12.1. The van der Waals surface area contributed by atoms with E-state index in [0.29, 0.717) is 23.4 Å². The minimum Gasteiger partial charge on any atom is -0.494 e. The zero-order valence-corrected chi connectivity index (χ0v) is 14.5. The Bertz CT molecular complexity index is 800. The number of nitrogens with zero attached hydrogens (tertiary/aromatic N) is 1. The number of rotatable bonds is 6. The number of aryl methyl sites for hydroxylation is 1. The molecular weight excluding hydrogens is 318 g/mol. The Kier molecular flexibility index (Phi) is 6.28. The molecule has 1 heterocycles. The first-order chi connectivity index (χ1) is 12.0. The van der Waals surface area contributed by atoms with Gasteiger partial charge in [-0.05, 0) is 55.3 Å². The Morgan fingerprint density at radius 2 is 2.04 bits per heavy atom. The normalized spacial score (nSPS) is 10.5. The molecule has 0 spiro atoms. The second kappa shape index (κ2) is 8.63. The van der Waals surface area contributed by atoms with E-state index in [1.54, 1.807) is 31.5 Å². The first kappa shape index (κ1) is 18.2. The fourth-order valence-electron chi connectivity index (χ4n) is 2.22. The van der Waals surface area contributed by atoms with Crippen molar-refractivity contribution >= 4 is 23.6 Å². The molecule has 0 atom stereocenters. The predicted molar refractivity (Wildman–Crippen MR) is 97.6 cm³/mol. The highest BCUT2D eigenvalue weighted by molar-refractivity contribution is 6.02. The van der Waals surface area contributed by atoms with Gasteiger partial charge in [0.1, 0.15) is 5.75 Å². The number of hydrogen-bond acceptors (Lipinski definition) is 4. The SMILES string of the molecule is CCOc1ccc(NC(=O)/C=C/c2cncc(C(=O)NC)c2)cc1C. The van der Waals surface area contributed by atoms with Crippen LogP contribution in [0, 0.1) is 6.92 Å². The fraction of sp³-hybridized carbons (Fsp3) is 0.211. The van der Waals surface area contributed by atoms with E-state index in [-0.39, 0.29) is 11.8 Å². The summed E-state index contributed by atoms with van der Waals surface area (Å²) < 4.78 is 5.48. The third kappa shape index (κ3) is 5.17. The minimum absolute atomic E-state index is 0.225. The van der Waals surface area contributed by atoms with E-state index in [9.17, 15) is 9.59 Å². The van der Waals surface area contributed by atoms with Crippen molar-refractivity contribution in [1.82, 2.24) is 10.3 Å². The van der Waals surface area contributed by atoms with E-state index >= 15 is 0 Å². The molecule has 25 heavy (non-hydrogen) atoms. The molecule has 0 radical (unpaired) electrons. The molecule has 6 heteroatoms. The molecule has 0 fully saturated rings. The summed E-state index contributed by atoms with van der Waals surface area (Å²) >= 11 is 0. The van der Waals surface area contributed by atoms with E-state index in [4.69, 9.17) is 4.74 Å². The van der Waals surface area contributed by atoms with E-state index in [1.165, 1.54) is 12.3 Å². The number of anilines is 1. The van der Waals surface area contributed by atoms with Crippen LogP contribution in [0.2, 0.25) is 0 Å². The molecule has 2 rings (SSSR count). The predicted octanol–water partition coefficient (Wildman–Crippen LogP) is 2.80. The first-order valence-electron chi connectivity index (χ1n) is 7.93. The standard InChI is InChI=1S/C19H21N3O3/c1-4-25-17-7-6-16(9-13(17)2)22-18(23)8-5-14-10-15(12-21-11-14)19(24)20-3/h5-12H,4H2,1-3H3,(H,20,24)(H,22,23)/b8-5+. The number of hydrogen-bond donors (Lipinski definition) is 2. The van der Waals surface area contributed by atoms with Crippen molar-refractivity contribution in [2.75, 3.05) is 19.0 Å². The van der Waals surface area contributed by atoms with Crippen LogP contribution in [0.5, 0.6) is 5.75 Å². The highest BCUT2D eigenvalue weighted by Gasteiger charge is 2.05. The summed E-state index contributed by atoms with van der Waals surface area (Å²) in [6.45, 7) is 4.44. The number of pyridine rings is 1. The highest BCUT2D eigenvalue weighted by atomic mass is 16.5. The second-order valence-corrected chi connectivity index (χ2v) is 5.32. The summed E-state index contributed by atoms with van der Waals surface area (Å²) in [6.07, 6.45) is 6.06. The lowest BCUT2D eigenvalue weighted by Crippen LogP contribution is -2.17. The molecule has 2 N–H and O–H groups in total. The number of nitrogens with one attached hydrogen (secondary N) is 2. The Morgan fingerprint density at radius 1 is 1.24 bits per heavy atom. The maximum Gasteiger partial charge on any atom is 0.252 e. The number of amides is 2. The average molecular weight is 339 g/mol. The van der Waals surface area contributed by atoms with Crippen molar-refractivity contribution in [2.24, 2.45) is 0 Å². The third-order valence-corrected chi connectivity index (χ3v) is 3.42. The quantitative estimate of drug-likeness (QED) is 0.793. The zero-order valence-electron chi connectivity index (χ0n) is 14.5. The molecule has 1 aromatic carbocycles. The molecule has 0 saturated heterocycles. The van der Waals surface area contributed by atoms with Crippen LogP contribution in [0.3, 0.4) is 0 Å². The Labute approximate surface area is 146 Å². The monoisotopic (exact) mass is 339 g/mol. The number of benzene rings is 1. The van der Waals surface area contributed by atoms with Gasteiger partial charge in [0.15, 0.2) is 0 Å². The van der Waals surface area contributed by atoms with Crippen LogP contribution in [0.25, 0.3) is 6.08 Å². The number of ether oxygens (including phenoxy) is 1. The van der Waals surface area contributed by atoms with Crippen molar-refractivity contribution in [3.63, 3.8) is 0 Å². The smallest absolute Gasteiger partial charge is 0.252 e. The fourth-order valence-corrected chi connectivity index (χ4v) is 2.22. The molecule has 6 nitrogen and oxygen atoms in total. The van der Waals surface area contributed by atoms with Gasteiger partial charge in [0, 0.05) is 31.2 Å². The van der Waals surface area contributed by atoms with Crippen molar-refractivity contribution in [3.8, 4) is 5.75 Å². The van der Waals surface area contributed by atoms with Crippen LogP contribution in [-0.4, -0.2) is 30.5 Å². The van der Waals surface area contributed by atoms with Gasteiger partial charge in [0.25, 0.3) is 5.91 Å². The number of carbonyl (C=O) groups is 2. The van der Waals surface area contributed by atoms with Crippen molar-refractivity contribution in [3.05, 3.63) is 59.4 Å². The van der Waals surface area contributed by atoms with Gasteiger partial charge >= 0.3 is 0 Å². The molecular formula is C19H21N3O3. The number of aromatic nitrogens is 1. The molecule has 0 aliphatic heterocycles. The molecule has 1 aromatic heterocycles. The molecule has 0 saturated carbocycles. The van der Waals surface area contributed by atoms with Crippen LogP contribution in [0.1, 0.15) is 28.4 Å². The molecule has 0 aliphatic carbocycles. The lowest BCUT2D eigenvalue weighted by molar-refractivity contribution is -0.111. The van der Waals surface area contributed by atoms with Gasteiger partial charge in [-0.25, -0.2) is 0 Å². The van der Waals surface area contributed by atoms with E-state index < -0.39 is 0 Å². The van der Waals surface area contributed by atoms with Crippen molar-refractivity contribution in [2.45, 2.75) is 13.8 Å². The zero-order chi connectivity index (χ0) is 18.2. The molecule has 2 aromatic rings. The molecule has 130 valence electrons. The van der Waals surface area contributed by atoms with Gasteiger partial charge in [0.2, 0.25) is 5.91 Å². The van der Waals surface area contributed by atoms with Gasteiger partial charge in [-0.15, -0.1) is 0 Å². The third-order valence-electron chi connectivity index (χ3n) is 3.42. The molecule has 2 amide bonds. The van der Waals surface area contributed by atoms with Crippen LogP contribution in [0.4, 0.5) is 5.69 Å².